The van der Waals surface area contributed by atoms with Gasteiger partial charge in [0.05, 0.1) is 5.41 Å². The van der Waals surface area contributed by atoms with Gasteiger partial charge in [-0.25, -0.2) is 0 Å². The largest absolute Gasteiger partial charge is 0.356 e. The molecule has 0 rings (SSSR count). The van der Waals surface area contributed by atoms with Crippen molar-refractivity contribution in [1.29, 1.82) is 0 Å². The van der Waals surface area contributed by atoms with Crippen LogP contribution in [0, 0.1) is 5.41 Å². The molecule has 0 aliphatic carbocycles. The van der Waals surface area contributed by atoms with Crippen molar-refractivity contribution in [1.82, 2.24) is 5.32 Å². The molecule has 13 heavy (non-hydrogen) atoms. The molecule has 2 nitrogen and oxygen atoms in total. The number of nitrogens with one attached hydrogen (secondary N) is 1. The minimum absolute atomic E-state index is 0.0849. The molecule has 0 bridgehead atoms. The van der Waals surface area contributed by atoms with E-state index in [1.54, 1.807) is 0 Å². The van der Waals surface area contributed by atoms with Gasteiger partial charge in [0.1, 0.15) is 0 Å². The van der Waals surface area contributed by atoms with Gasteiger partial charge in [-0.1, -0.05) is 13.8 Å². The molecule has 0 fully saturated rings. The number of rotatable bonds is 6. The maximum atomic E-state index is 11.5. The highest BCUT2D eigenvalue weighted by atomic mass is 32.1. The molecule has 0 aromatic carbocycles. The summed E-state index contributed by atoms with van der Waals surface area (Å²) in [7, 11) is 0. The number of carbonyl (C=O) groups is 1. The first-order valence-electron chi connectivity index (χ1n) is 4.54. The zero-order valence-corrected chi connectivity index (χ0v) is 10.1. The molecule has 1 N–H and O–H groups in total. The van der Waals surface area contributed by atoms with Crippen molar-refractivity contribution >= 4 is 31.2 Å². The van der Waals surface area contributed by atoms with Gasteiger partial charge in [0.15, 0.2) is 0 Å². The number of thiol groups is 2. The molecule has 0 saturated heterocycles. The van der Waals surface area contributed by atoms with E-state index >= 15 is 0 Å². The third-order valence-electron chi connectivity index (χ3n) is 1.88. The summed E-state index contributed by atoms with van der Waals surface area (Å²) < 4.78 is 0. The first-order valence-corrected chi connectivity index (χ1v) is 5.81. The van der Waals surface area contributed by atoms with Crippen LogP contribution in [0.4, 0.5) is 0 Å². The third-order valence-corrected chi connectivity index (χ3v) is 2.99. The summed E-state index contributed by atoms with van der Waals surface area (Å²) in [6.45, 7) is 4.54. The van der Waals surface area contributed by atoms with Crippen molar-refractivity contribution in [3.8, 4) is 0 Å². The van der Waals surface area contributed by atoms with Gasteiger partial charge in [-0.2, -0.15) is 25.3 Å². The number of amides is 1. The summed E-state index contributed by atoms with van der Waals surface area (Å²) in [5.41, 5.74) is -0.357. The van der Waals surface area contributed by atoms with Crippen LogP contribution in [0.5, 0.6) is 0 Å². The molecule has 0 aromatic heterocycles. The lowest BCUT2D eigenvalue weighted by Crippen LogP contribution is -2.38. The van der Waals surface area contributed by atoms with Crippen LogP contribution >= 0.6 is 25.3 Å². The normalized spacial score (nSPS) is 11.4. The van der Waals surface area contributed by atoms with Gasteiger partial charge in [-0.3, -0.25) is 4.79 Å². The van der Waals surface area contributed by atoms with Crippen LogP contribution in [-0.2, 0) is 4.79 Å². The lowest BCUT2D eigenvalue weighted by atomic mass is 9.95. The van der Waals surface area contributed by atoms with Gasteiger partial charge in [0.2, 0.25) is 5.91 Å². The van der Waals surface area contributed by atoms with Crippen molar-refractivity contribution in [2.45, 2.75) is 26.7 Å². The highest BCUT2D eigenvalue weighted by Gasteiger charge is 2.24. The Labute approximate surface area is 91.7 Å². The number of unbranched alkanes of at least 4 members (excludes halogenated alkanes) is 1. The number of carbonyl (C=O) groups excluding carboxylic acids is 1. The summed E-state index contributed by atoms with van der Waals surface area (Å²) in [6.07, 6.45) is 2.04. The van der Waals surface area contributed by atoms with Crippen LogP contribution in [0.3, 0.4) is 0 Å². The Kier molecular flexibility index (Phi) is 6.68. The molecule has 0 aromatic rings. The van der Waals surface area contributed by atoms with E-state index in [1.807, 2.05) is 13.8 Å². The first-order chi connectivity index (χ1) is 6.04. The summed E-state index contributed by atoms with van der Waals surface area (Å²) in [6, 6.07) is 0. The van der Waals surface area contributed by atoms with E-state index in [9.17, 15) is 4.79 Å². The van der Waals surface area contributed by atoms with Crippen LogP contribution in [0.15, 0.2) is 0 Å². The van der Waals surface area contributed by atoms with Crippen LogP contribution in [0.25, 0.3) is 0 Å². The second-order valence-corrected chi connectivity index (χ2v) is 4.49. The highest BCUT2D eigenvalue weighted by molar-refractivity contribution is 7.80. The van der Waals surface area contributed by atoms with E-state index in [0.29, 0.717) is 5.75 Å². The van der Waals surface area contributed by atoms with Crippen molar-refractivity contribution in [2.75, 3.05) is 18.1 Å². The molecule has 78 valence electrons. The van der Waals surface area contributed by atoms with E-state index in [0.717, 1.165) is 25.1 Å². The average Bonchev–Trinajstić information content (AvgIpc) is 2.12. The van der Waals surface area contributed by atoms with Crippen LogP contribution < -0.4 is 5.32 Å². The fraction of sp³-hybridized carbons (Fsp3) is 0.889. The van der Waals surface area contributed by atoms with Crippen molar-refractivity contribution in [3.63, 3.8) is 0 Å². The summed E-state index contributed by atoms with van der Waals surface area (Å²) in [5.74, 6) is 1.54. The summed E-state index contributed by atoms with van der Waals surface area (Å²) >= 11 is 8.23. The molecule has 4 heteroatoms. The topological polar surface area (TPSA) is 29.1 Å². The molecule has 0 radical (unpaired) electrons. The quantitative estimate of drug-likeness (QED) is 0.463. The number of hydrogen-bond acceptors (Lipinski definition) is 3. The predicted molar refractivity (Wildman–Crippen MR) is 63.7 cm³/mol. The summed E-state index contributed by atoms with van der Waals surface area (Å²) in [4.78, 5) is 11.5. The van der Waals surface area contributed by atoms with Gasteiger partial charge in [-0.15, -0.1) is 0 Å². The lowest BCUT2D eigenvalue weighted by molar-refractivity contribution is -0.128. The Balaban J connectivity index is 3.62. The van der Waals surface area contributed by atoms with E-state index < -0.39 is 0 Å². The van der Waals surface area contributed by atoms with E-state index in [2.05, 4.69) is 30.6 Å². The molecule has 0 saturated carbocycles. The zero-order chi connectivity index (χ0) is 10.3. The van der Waals surface area contributed by atoms with Gasteiger partial charge in [0.25, 0.3) is 0 Å². The van der Waals surface area contributed by atoms with Crippen LogP contribution in [-0.4, -0.2) is 24.0 Å². The van der Waals surface area contributed by atoms with Crippen molar-refractivity contribution in [2.24, 2.45) is 5.41 Å². The predicted octanol–water partition coefficient (Wildman–Crippen LogP) is 1.77. The van der Waals surface area contributed by atoms with Crippen molar-refractivity contribution in [3.05, 3.63) is 0 Å². The minimum Gasteiger partial charge on any atom is -0.356 e. The maximum absolute atomic E-state index is 11.5. The molecule has 0 aliphatic heterocycles. The van der Waals surface area contributed by atoms with E-state index in [-0.39, 0.29) is 11.3 Å². The standard InChI is InChI=1S/C9H19NOS2/c1-9(2,7-13)8(11)10-5-3-4-6-12/h12-13H,3-7H2,1-2H3,(H,10,11). The molecular formula is C9H19NOS2. The Bertz CT molecular complexity index is 160. The molecule has 0 atom stereocenters. The lowest BCUT2D eigenvalue weighted by Gasteiger charge is -2.20. The minimum atomic E-state index is -0.357. The zero-order valence-electron chi connectivity index (χ0n) is 8.34. The Morgan fingerprint density at radius 3 is 2.38 bits per heavy atom. The fourth-order valence-corrected chi connectivity index (χ4v) is 1.12. The molecular weight excluding hydrogens is 202 g/mol. The molecule has 0 unspecified atom stereocenters. The van der Waals surface area contributed by atoms with Gasteiger partial charge >= 0.3 is 0 Å². The molecule has 0 spiro atoms. The monoisotopic (exact) mass is 221 g/mol. The maximum Gasteiger partial charge on any atom is 0.226 e. The van der Waals surface area contributed by atoms with Gasteiger partial charge in [-0.05, 0) is 18.6 Å². The van der Waals surface area contributed by atoms with Gasteiger partial charge in [0, 0.05) is 12.3 Å². The van der Waals surface area contributed by atoms with Crippen LogP contribution in [0.2, 0.25) is 0 Å². The van der Waals surface area contributed by atoms with Gasteiger partial charge < -0.3 is 5.32 Å². The second-order valence-electron chi connectivity index (χ2n) is 3.73. The third kappa shape index (κ3) is 5.47. The second kappa shape index (κ2) is 6.60. The number of hydrogen-bond donors (Lipinski definition) is 3. The Hall–Kier alpha value is 0.170. The smallest absolute Gasteiger partial charge is 0.226 e. The highest BCUT2D eigenvalue weighted by Crippen LogP contribution is 2.16. The average molecular weight is 221 g/mol. The molecule has 0 aliphatic rings. The van der Waals surface area contributed by atoms with Crippen LogP contribution in [0.1, 0.15) is 26.7 Å². The summed E-state index contributed by atoms with van der Waals surface area (Å²) in [5, 5.41) is 2.89. The van der Waals surface area contributed by atoms with E-state index in [4.69, 9.17) is 0 Å². The Morgan fingerprint density at radius 1 is 1.31 bits per heavy atom. The Morgan fingerprint density at radius 2 is 1.92 bits per heavy atom. The van der Waals surface area contributed by atoms with E-state index in [1.165, 1.54) is 0 Å². The molecule has 1 amide bonds. The fourth-order valence-electron chi connectivity index (χ4n) is 0.750. The SMILES string of the molecule is CC(C)(CS)C(=O)NCCCCS. The van der Waals surface area contributed by atoms with Crippen molar-refractivity contribution < 1.29 is 4.79 Å². The molecule has 0 heterocycles. The first kappa shape index (κ1) is 13.2.